The van der Waals surface area contributed by atoms with Gasteiger partial charge in [0.15, 0.2) is 0 Å². The summed E-state index contributed by atoms with van der Waals surface area (Å²) in [6.45, 7) is 17.9. The van der Waals surface area contributed by atoms with Crippen LogP contribution >= 0.6 is 20.2 Å². The first kappa shape index (κ1) is 29.6. The van der Waals surface area contributed by atoms with Gasteiger partial charge in [-0.3, -0.25) is 0 Å². The molecule has 1 aromatic carbocycles. The summed E-state index contributed by atoms with van der Waals surface area (Å²) < 4.78 is 13.1. The van der Waals surface area contributed by atoms with Gasteiger partial charge in [0.1, 0.15) is 0 Å². The van der Waals surface area contributed by atoms with E-state index in [2.05, 4.69) is 13.2 Å². The van der Waals surface area contributed by atoms with Crippen molar-refractivity contribution in [2.75, 3.05) is 11.5 Å². The van der Waals surface area contributed by atoms with Gasteiger partial charge in [0.2, 0.25) is 0 Å². The number of rotatable bonds is 11. The number of esters is 1. The fourth-order valence-corrected chi connectivity index (χ4v) is 9.60. The van der Waals surface area contributed by atoms with Crippen molar-refractivity contribution in [3.05, 3.63) is 51.6 Å². The molecular weight excluding hydrogens is 555 g/mol. The Hall–Kier alpha value is -1.67. The van der Waals surface area contributed by atoms with E-state index in [-0.39, 0.29) is 5.97 Å². The molecule has 1 unspecified atom stereocenters. The van der Waals surface area contributed by atoms with Crippen LogP contribution in [0.1, 0.15) is 95.5 Å². The second-order valence-corrected chi connectivity index (χ2v) is 15.4. The quantitative estimate of drug-likeness (QED) is 0.121. The van der Waals surface area contributed by atoms with E-state index in [4.69, 9.17) is 7.80 Å². The molecule has 2 rings (SSSR count). The number of hydrogen-bond acceptors (Lipinski definition) is 4. The molecule has 0 aliphatic heterocycles. The number of allylic oxidation sites excluding steroid dienone is 2. The van der Waals surface area contributed by atoms with Gasteiger partial charge in [-0.1, -0.05) is 0 Å². The molecule has 0 saturated heterocycles. The number of alkyl halides is 1. The van der Waals surface area contributed by atoms with Crippen molar-refractivity contribution in [3.8, 4) is 0 Å². The van der Waals surface area contributed by atoms with E-state index in [1.54, 1.807) is 20.1 Å². The molecular formula is C29H43IO5. The normalized spacial score (nSPS) is 16.8. The van der Waals surface area contributed by atoms with E-state index in [0.717, 1.165) is 39.5 Å². The van der Waals surface area contributed by atoms with E-state index in [1.165, 1.54) is 19.3 Å². The van der Waals surface area contributed by atoms with Crippen molar-refractivity contribution in [3.63, 3.8) is 0 Å². The first-order chi connectivity index (χ1) is 16.3. The van der Waals surface area contributed by atoms with Crippen molar-refractivity contribution in [1.82, 2.24) is 0 Å². The van der Waals surface area contributed by atoms with E-state index in [9.17, 15) is 14.7 Å². The molecule has 0 aromatic heterocycles. The van der Waals surface area contributed by atoms with Gasteiger partial charge in [0, 0.05) is 0 Å². The van der Waals surface area contributed by atoms with E-state index in [1.807, 2.05) is 39.8 Å². The molecule has 6 heteroatoms. The Bertz CT molecular complexity index is 939. The van der Waals surface area contributed by atoms with Crippen LogP contribution in [0, 0.1) is 14.9 Å². The van der Waals surface area contributed by atoms with Crippen LogP contribution in [-0.2, 0) is 12.6 Å². The number of carbonyl (C=O) groups is 2. The molecule has 1 atom stereocenters. The molecule has 0 bridgehead atoms. The Morgan fingerprint density at radius 1 is 1.11 bits per heavy atom. The Morgan fingerprint density at radius 2 is 1.74 bits per heavy atom. The predicted octanol–water partition coefficient (Wildman–Crippen LogP) is 7.92. The van der Waals surface area contributed by atoms with Crippen LogP contribution in [0.5, 0.6) is 0 Å². The Labute approximate surface area is 219 Å². The van der Waals surface area contributed by atoms with Crippen LogP contribution < -0.4 is 0 Å². The fraction of sp³-hybridized carbons (Fsp3) is 0.586. The van der Waals surface area contributed by atoms with Crippen molar-refractivity contribution in [2.45, 2.75) is 85.2 Å². The number of ether oxygens (including phenoxy) is 1. The second-order valence-electron chi connectivity index (χ2n) is 10.8. The minimum atomic E-state index is -2.51. The average molecular weight is 599 g/mol. The molecule has 5 nitrogen and oxygen atoms in total. The van der Waals surface area contributed by atoms with Gasteiger partial charge >= 0.3 is 220 Å². The van der Waals surface area contributed by atoms with Crippen LogP contribution in [0.25, 0.3) is 5.57 Å². The zero-order valence-corrected chi connectivity index (χ0v) is 24.5. The molecule has 1 aromatic rings. The number of aliphatic carboxylic acids is 1. The van der Waals surface area contributed by atoms with Crippen molar-refractivity contribution >= 4 is 37.7 Å². The number of hydrogen-bond donors (Lipinski definition) is 1. The van der Waals surface area contributed by atoms with Crippen LogP contribution in [0.15, 0.2) is 36.9 Å². The zero-order chi connectivity index (χ0) is 26.4. The number of benzene rings is 1. The van der Waals surface area contributed by atoms with E-state index < -0.39 is 37.2 Å². The molecule has 0 spiro atoms. The minimum absolute atomic E-state index is 0.388. The van der Waals surface area contributed by atoms with Crippen LogP contribution in [0.2, 0.25) is 0 Å². The third kappa shape index (κ3) is 8.17. The summed E-state index contributed by atoms with van der Waals surface area (Å²) in [6.07, 6.45) is 6.99. The molecule has 196 valence electrons. The molecule has 1 aliphatic carbocycles. The van der Waals surface area contributed by atoms with Gasteiger partial charge < -0.3 is 0 Å². The molecule has 1 fully saturated rings. The molecule has 1 saturated carbocycles. The number of halogens is 1. The van der Waals surface area contributed by atoms with Crippen LogP contribution in [0.3, 0.4) is 0 Å². The first-order valence-corrected chi connectivity index (χ1v) is 16.0. The van der Waals surface area contributed by atoms with E-state index >= 15 is 0 Å². The van der Waals surface area contributed by atoms with Gasteiger partial charge in [-0.15, -0.1) is 0 Å². The van der Waals surface area contributed by atoms with Gasteiger partial charge in [-0.05, 0) is 0 Å². The molecule has 35 heavy (non-hydrogen) atoms. The summed E-state index contributed by atoms with van der Waals surface area (Å²) >= 11 is -2.51. The topological polar surface area (TPSA) is 72.8 Å². The Balaban J connectivity index is 2.54. The van der Waals surface area contributed by atoms with Crippen molar-refractivity contribution in [2.24, 2.45) is 11.3 Å². The first-order valence-electron chi connectivity index (χ1n) is 12.5. The summed E-state index contributed by atoms with van der Waals surface area (Å²) in [5.41, 5.74) is 1.87. The summed E-state index contributed by atoms with van der Waals surface area (Å²) in [5, 5.41) is 10.2. The third-order valence-electron chi connectivity index (χ3n) is 6.53. The van der Waals surface area contributed by atoms with Gasteiger partial charge in [0.25, 0.3) is 0 Å². The fourth-order valence-electron chi connectivity index (χ4n) is 4.42. The number of carboxylic acids is 1. The summed E-state index contributed by atoms with van der Waals surface area (Å²) in [5.74, 6) is -0.835. The molecule has 0 radical (unpaired) electrons. The SMILES string of the molecule is C=C(CC)CC(C)(CI(OC)c1cc(C(=O)OC(C)(C)C)ccc1C(=C)C1CCCCC1)C(=O)O. The molecule has 0 heterocycles. The molecule has 1 aliphatic rings. The molecule has 0 amide bonds. The van der Waals surface area contributed by atoms with Crippen LogP contribution in [0.4, 0.5) is 0 Å². The predicted molar refractivity (Wildman–Crippen MR) is 152 cm³/mol. The van der Waals surface area contributed by atoms with Gasteiger partial charge in [0.05, 0.1) is 0 Å². The second kappa shape index (κ2) is 12.5. The third-order valence-corrected chi connectivity index (χ3v) is 12.2. The maximum atomic E-state index is 12.9. The zero-order valence-electron chi connectivity index (χ0n) is 22.3. The van der Waals surface area contributed by atoms with E-state index in [0.29, 0.717) is 22.3 Å². The average Bonchev–Trinajstić information content (AvgIpc) is 2.81. The Kier molecular flexibility index (Phi) is 10.6. The molecule has 1 N–H and O–H groups in total. The maximum absolute atomic E-state index is 12.9. The summed E-state index contributed by atoms with van der Waals surface area (Å²) in [7, 11) is 1.66. The summed E-state index contributed by atoms with van der Waals surface area (Å²) in [4.78, 5) is 25.3. The van der Waals surface area contributed by atoms with Crippen molar-refractivity contribution < 1.29 is 22.5 Å². The van der Waals surface area contributed by atoms with Crippen LogP contribution in [-0.4, -0.2) is 34.2 Å². The van der Waals surface area contributed by atoms with Gasteiger partial charge in [-0.25, -0.2) is 0 Å². The monoisotopic (exact) mass is 598 g/mol. The van der Waals surface area contributed by atoms with Gasteiger partial charge in [-0.2, -0.15) is 0 Å². The van der Waals surface area contributed by atoms with Crippen molar-refractivity contribution in [1.29, 1.82) is 0 Å². The Morgan fingerprint density at radius 3 is 2.26 bits per heavy atom. The standard InChI is InChI=1S/C29H43IO5/c1-9-20(2)18-29(7,27(32)33)19-30(34-8)25-17-23(26(31)35-28(4,5)6)15-16-24(25)21(3)22-13-11-10-12-14-22/h15-17,22H,2-3,9-14,18-19H2,1,4-8H3,(H,32,33). The number of carboxylic acid groups (broad SMARTS) is 1. The summed E-state index contributed by atoms with van der Waals surface area (Å²) in [6, 6.07) is 5.65. The number of carbonyl (C=O) groups excluding carboxylic acids is 1.